The molecule has 0 saturated carbocycles. The quantitative estimate of drug-likeness (QED) is 0.694. The van der Waals surface area contributed by atoms with Crippen LogP contribution in [0, 0.1) is 11.3 Å². The van der Waals surface area contributed by atoms with E-state index in [-0.39, 0.29) is 6.04 Å². The maximum absolute atomic E-state index is 8.94. The summed E-state index contributed by atoms with van der Waals surface area (Å²) in [5.74, 6) is 0. The number of rotatable bonds is 2. The molecule has 0 bridgehead atoms. The minimum atomic E-state index is 0.0856. The smallest absolute Gasteiger partial charge is 0.0977 e. The molecule has 3 unspecified atom stereocenters. The second kappa shape index (κ2) is 4.59. The zero-order valence-electron chi connectivity index (χ0n) is 8.53. The molecule has 0 spiro atoms. The number of piperidine rings is 1. The van der Waals surface area contributed by atoms with Gasteiger partial charge in [0.15, 0.2) is 0 Å². The Bertz CT molecular complexity index is 197. The zero-order valence-corrected chi connectivity index (χ0v) is 8.53. The maximum Gasteiger partial charge on any atom is 0.0977 e. The van der Waals surface area contributed by atoms with Gasteiger partial charge in [0, 0.05) is 18.6 Å². The van der Waals surface area contributed by atoms with E-state index in [0.29, 0.717) is 12.1 Å². The number of hydrogen-bond donors (Lipinski definition) is 1. The van der Waals surface area contributed by atoms with Crippen molar-refractivity contribution in [3.8, 4) is 6.07 Å². The van der Waals surface area contributed by atoms with E-state index in [4.69, 9.17) is 11.0 Å². The summed E-state index contributed by atoms with van der Waals surface area (Å²) < 4.78 is 0. The lowest BCUT2D eigenvalue weighted by Crippen LogP contribution is -2.49. The minimum absolute atomic E-state index is 0.0856. The first-order chi connectivity index (χ1) is 6.19. The van der Waals surface area contributed by atoms with Gasteiger partial charge >= 0.3 is 0 Å². The van der Waals surface area contributed by atoms with Crippen molar-refractivity contribution in [1.29, 1.82) is 5.26 Å². The molecule has 0 aromatic rings. The monoisotopic (exact) mass is 181 g/mol. The normalized spacial score (nSPS) is 32.5. The molecule has 1 heterocycles. The van der Waals surface area contributed by atoms with Gasteiger partial charge in [0.2, 0.25) is 0 Å². The molecule has 3 nitrogen and oxygen atoms in total. The SMILES string of the molecule is CCC(C#N)N1CCC(N)CC1C. The summed E-state index contributed by atoms with van der Waals surface area (Å²) in [7, 11) is 0. The lowest BCUT2D eigenvalue weighted by atomic mass is 9.97. The van der Waals surface area contributed by atoms with Crippen LogP contribution in [0.5, 0.6) is 0 Å². The van der Waals surface area contributed by atoms with E-state index >= 15 is 0 Å². The van der Waals surface area contributed by atoms with Gasteiger partial charge in [-0.2, -0.15) is 5.26 Å². The summed E-state index contributed by atoms with van der Waals surface area (Å²) in [5.41, 5.74) is 5.86. The first-order valence-corrected chi connectivity index (χ1v) is 5.10. The van der Waals surface area contributed by atoms with Crippen molar-refractivity contribution >= 4 is 0 Å². The summed E-state index contributed by atoms with van der Waals surface area (Å²) in [5, 5.41) is 8.94. The largest absolute Gasteiger partial charge is 0.328 e. The fourth-order valence-corrected chi connectivity index (χ4v) is 2.09. The molecule has 2 N–H and O–H groups in total. The van der Waals surface area contributed by atoms with Crippen LogP contribution in [0.4, 0.5) is 0 Å². The number of likely N-dealkylation sites (tertiary alicyclic amines) is 1. The molecule has 13 heavy (non-hydrogen) atoms. The van der Waals surface area contributed by atoms with Crippen molar-refractivity contribution in [3.63, 3.8) is 0 Å². The van der Waals surface area contributed by atoms with Crippen molar-refractivity contribution in [1.82, 2.24) is 4.90 Å². The maximum atomic E-state index is 8.94. The standard InChI is InChI=1S/C10H19N3/c1-3-10(7-11)13-5-4-9(12)6-8(13)2/h8-10H,3-6,12H2,1-2H3. The van der Waals surface area contributed by atoms with Gasteiger partial charge in [-0.25, -0.2) is 0 Å². The molecule has 1 aliphatic rings. The molecule has 0 aromatic carbocycles. The summed E-state index contributed by atoms with van der Waals surface area (Å²) in [4.78, 5) is 2.28. The second-order valence-electron chi connectivity index (χ2n) is 3.92. The Morgan fingerprint density at radius 3 is 2.85 bits per heavy atom. The summed E-state index contributed by atoms with van der Waals surface area (Å²) in [6.07, 6.45) is 2.97. The van der Waals surface area contributed by atoms with Gasteiger partial charge in [-0.05, 0) is 26.2 Å². The van der Waals surface area contributed by atoms with Crippen molar-refractivity contribution in [2.75, 3.05) is 6.54 Å². The highest BCUT2D eigenvalue weighted by Gasteiger charge is 2.27. The van der Waals surface area contributed by atoms with Gasteiger partial charge in [0.25, 0.3) is 0 Å². The van der Waals surface area contributed by atoms with Gasteiger partial charge in [-0.3, -0.25) is 4.90 Å². The molecular formula is C10H19N3. The van der Waals surface area contributed by atoms with Crippen LogP contribution in [0.25, 0.3) is 0 Å². The third-order valence-corrected chi connectivity index (χ3v) is 2.90. The number of nitrogens with two attached hydrogens (primary N) is 1. The Morgan fingerprint density at radius 2 is 2.38 bits per heavy atom. The molecule has 1 rings (SSSR count). The van der Waals surface area contributed by atoms with Crippen LogP contribution in [-0.2, 0) is 0 Å². The van der Waals surface area contributed by atoms with E-state index in [0.717, 1.165) is 25.8 Å². The Hall–Kier alpha value is -0.590. The third-order valence-electron chi connectivity index (χ3n) is 2.90. The third kappa shape index (κ3) is 2.43. The van der Waals surface area contributed by atoms with Gasteiger partial charge < -0.3 is 5.73 Å². The highest BCUT2D eigenvalue weighted by atomic mass is 15.2. The van der Waals surface area contributed by atoms with Gasteiger partial charge in [0.05, 0.1) is 12.1 Å². The fourth-order valence-electron chi connectivity index (χ4n) is 2.09. The van der Waals surface area contributed by atoms with Crippen molar-refractivity contribution in [3.05, 3.63) is 0 Å². The van der Waals surface area contributed by atoms with Crippen molar-refractivity contribution in [2.45, 2.75) is 51.2 Å². The fraction of sp³-hybridized carbons (Fsp3) is 0.900. The molecule has 0 radical (unpaired) electrons. The average molecular weight is 181 g/mol. The van der Waals surface area contributed by atoms with Crippen molar-refractivity contribution in [2.24, 2.45) is 5.73 Å². The molecule has 3 heteroatoms. The predicted molar refractivity (Wildman–Crippen MR) is 53.1 cm³/mol. The van der Waals surface area contributed by atoms with Crippen LogP contribution < -0.4 is 5.73 Å². The van der Waals surface area contributed by atoms with Crippen LogP contribution in [0.2, 0.25) is 0 Å². The van der Waals surface area contributed by atoms with Crippen LogP contribution in [0.3, 0.4) is 0 Å². The molecule has 3 atom stereocenters. The number of nitriles is 1. The number of nitrogens with zero attached hydrogens (tertiary/aromatic N) is 2. The van der Waals surface area contributed by atoms with Gasteiger partial charge in [-0.15, -0.1) is 0 Å². The van der Waals surface area contributed by atoms with Gasteiger partial charge in [0.1, 0.15) is 0 Å². The predicted octanol–water partition coefficient (Wildman–Crippen LogP) is 1.10. The highest BCUT2D eigenvalue weighted by Crippen LogP contribution is 2.19. The molecule has 1 aliphatic heterocycles. The molecule has 0 amide bonds. The molecule has 0 aromatic heterocycles. The first-order valence-electron chi connectivity index (χ1n) is 5.10. The lowest BCUT2D eigenvalue weighted by Gasteiger charge is -2.38. The summed E-state index contributed by atoms with van der Waals surface area (Å²) >= 11 is 0. The molecule has 1 saturated heterocycles. The Balaban J connectivity index is 2.55. The number of hydrogen-bond acceptors (Lipinski definition) is 3. The van der Waals surface area contributed by atoms with E-state index in [1.54, 1.807) is 0 Å². The van der Waals surface area contributed by atoms with E-state index < -0.39 is 0 Å². The molecular weight excluding hydrogens is 162 g/mol. The van der Waals surface area contributed by atoms with E-state index in [1.165, 1.54) is 0 Å². The second-order valence-corrected chi connectivity index (χ2v) is 3.92. The summed E-state index contributed by atoms with van der Waals surface area (Å²) in [6.45, 7) is 5.21. The Labute approximate surface area is 80.5 Å². The zero-order chi connectivity index (χ0) is 9.84. The lowest BCUT2D eigenvalue weighted by molar-refractivity contribution is 0.118. The van der Waals surface area contributed by atoms with Gasteiger partial charge in [-0.1, -0.05) is 6.92 Å². The highest BCUT2D eigenvalue weighted by molar-refractivity contribution is 4.95. The summed E-state index contributed by atoms with van der Waals surface area (Å²) in [6, 6.07) is 3.24. The van der Waals surface area contributed by atoms with E-state index in [9.17, 15) is 0 Å². The van der Waals surface area contributed by atoms with Crippen molar-refractivity contribution < 1.29 is 0 Å². The van der Waals surface area contributed by atoms with Crippen LogP contribution in [0.15, 0.2) is 0 Å². The average Bonchev–Trinajstić information content (AvgIpc) is 2.10. The van der Waals surface area contributed by atoms with Crippen LogP contribution in [0.1, 0.15) is 33.1 Å². The van der Waals surface area contributed by atoms with E-state index in [1.807, 2.05) is 0 Å². The molecule has 1 fully saturated rings. The van der Waals surface area contributed by atoms with E-state index in [2.05, 4.69) is 24.8 Å². The minimum Gasteiger partial charge on any atom is -0.328 e. The van der Waals surface area contributed by atoms with Crippen LogP contribution in [-0.4, -0.2) is 29.6 Å². The topological polar surface area (TPSA) is 53.0 Å². The molecule has 74 valence electrons. The molecule has 0 aliphatic carbocycles. The Morgan fingerprint density at radius 1 is 1.69 bits per heavy atom. The Kier molecular flexibility index (Phi) is 3.71. The van der Waals surface area contributed by atoms with Crippen LogP contribution >= 0.6 is 0 Å². The first kappa shape index (κ1) is 10.5.